The van der Waals surface area contributed by atoms with E-state index in [1.165, 1.54) is 11.3 Å². The molecule has 0 aliphatic carbocycles. The number of carbonyl (C=O) groups excluding carboxylic acids is 2. The van der Waals surface area contributed by atoms with Crippen LogP contribution < -0.4 is 9.64 Å². The van der Waals surface area contributed by atoms with Gasteiger partial charge in [-0.3, -0.25) is 4.90 Å². The summed E-state index contributed by atoms with van der Waals surface area (Å²) in [6, 6.07) is 6.18. The average Bonchev–Trinajstić information content (AvgIpc) is 3.41. The Bertz CT molecular complexity index is 1140. The van der Waals surface area contributed by atoms with Crippen molar-refractivity contribution in [3.8, 4) is 5.19 Å². The highest BCUT2D eigenvalue weighted by molar-refractivity contribution is 7.20. The lowest BCUT2D eigenvalue weighted by Gasteiger charge is -2.45. The van der Waals surface area contributed by atoms with Crippen molar-refractivity contribution in [1.82, 2.24) is 14.8 Å². The number of para-hydroxylation sites is 1. The first-order valence-corrected chi connectivity index (χ1v) is 14.3. The van der Waals surface area contributed by atoms with Gasteiger partial charge in [0, 0.05) is 32.1 Å². The van der Waals surface area contributed by atoms with E-state index in [1.54, 1.807) is 4.90 Å². The molecule has 210 valence electrons. The van der Waals surface area contributed by atoms with Crippen molar-refractivity contribution < 1.29 is 23.8 Å². The molecule has 10 heteroatoms. The van der Waals surface area contributed by atoms with Crippen LogP contribution in [-0.2, 0) is 9.47 Å². The molecule has 1 aromatic heterocycles. The van der Waals surface area contributed by atoms with Crippen molar-refractivity contribution in [2.45, 2.75) is 85.1 Å². The number of likely N-dealkylation sites (tertiary alicyclic amines) is 1. The fraction of sp³-hybridized carbons (Fsp3) is 0.679. The van der Waals surface area contributed by atoms with E-state index < -0.39 is 11.2 Å². The van der Waals surface area contributed by atoms with Crippen molar-refractivity contribution >= 4 is 39.4 Å². The maximum absolute atomic E-state index is 12.8. The van der Waals surface area contributed by atoms with Crippen LogP contribution in [0.15, 0.2) is 18.2 Å². The highest BCUT2D eigenvalue weighted by atomic mass is 32.1. The Morgan fingerprint density at radius 2 is 1.61 bits per heavy atom. The molecule has 0 bridgehead atoms. The molecule has 1 aromatic carbocycles. The number of carbonyl (C=O) groups is 2. The minimum atomic E-state index is -0.525. The molecule has 38 heavy (non-hydrogen) atoms. The van der Waals surface area contributed by atoms with Crippen molar-refractivity contribution in [1.29, 1.82) is 0 Å². The van der Waals surface area contributed by atoms with Crippen LogP contribution in [0.25, 0.3) is 10.2 Å². The molecule has 0 saturated carbocycles. The third-order valence-electron chi connectivity index (χ3n) is 6.62. The second-order valence-electron chi connectivity index (χ2n) is 12.5. The Labute approximate surface area is 230 Å². The Morgan fingerprint density at radius 3 is 2.24 bits per heavy atom. The molecule has 4 rings (SSSR count). The molecule has 0 spiro atoms. The number of fused-ring (bicyclic) bond motifs is 1. The minimum Gasteiger partial charge on any atom is -0.470 e. The topological polar surface area (TPSA) is 84.4 Å². The standard InChI is InChI=1S/C28H42N4O5S/c1-18-14-31(15-19(2)32(18)26(34)37-28(6,7)8)21-10-9-11-22-23(21)29-24(38-22)35-17-20-12-13-30(16-20)25(33)36-27(3,4)5/h9-11,18-20H,12-17H2,1-8H3/t18-,19-,20?/m0/s1. The van der Waals surface area contributed by atoms with Crippen molar-refractivity contribution in [2.75, 3.05) is 37.7 Å². The minimum absolute atomic E-state index is 0.00602. The highest BCUT2D eigenvalue weighted by Crippen LogP contribution is 2.36. The van der Waals surface area contributed by atoms with E-state index in [-0.39, 0.29) is 30.2 Å². The quantitative estimate of drug-likeness (QED) is 0.482. The van der Waals surface area contributed by atoms with Gasteiger partial charge in [-0.2, -0.15) is 0 Å². The number of piperazine rings is 1. The molecule has 2 aliphatic heterocycles. The van der Waals surface area contributed by atoms with E-state index >= 15 is 0 Å². The summed E-state index contributed by atoms with van der Waals surface area (Å²) in [4.78, 5) is 35.9. The molecular formula is C28H42N4O5S. The van der Waals surface area contributed by atoms with Crippen LogP contribution in [0.4, 0.5) is 15.3 Å². The van der Waals surface area contributed by atoms with Crippen LogP contribution in [0.5, 0.6) is 5.19 Å². The molecule has 2 amide bonds. The van der Waals surface area contributed by atoms with E-state index in [4.69, 9.17) is 19.2 Å². The first kappa shape index (κ1) is 28.3. The number of thiazole rings is 1. The smallest absolute Gasteiger partial charge is 0.410 e. The van der Waals surface area contributed by atoms with E-state index in [0.717, 1.165) is 22.3 Å². The number of amides is 2. The largest absolute Gasteiger partial charge is 0.470 e. The number of anilines is 1. The lowest BCUT2D eigenvalue weighted by atomic mass is 10.1. The Morgan fingerprint density at radius 1 is 0.974 bits per heavy atom. The monoisotopic (exact) mass is 546 g/mol. The van der Waals surface area contributed by atoms with E-state index in [1.807, 2.05) is 52.5 Å². The highest BCUT2D eigenvalue weighted by Gasteiger charge is 2.36. The molecule has 2 aromatic rings. The van der Waals surface area contributed by atoms with Crippen LogP contribution in [-0.4, -0.2) is 83.0 Å². The zero-order valence-corrected chi connectivity index (χ0v) is 24.8. The van der Waals surface area contributed by atoms with Gasteiger partial charge in [0.05, 0.1) is 29.1 Å². The summed E-state index contributed by atoms with van der Waals surface area (Å²) in [5.41, 5.74) is 0.943. The van der Waals surface area contributed by atoms with Gasteiger partial charge in [-0.1, -0.05) is 17.4 Å². The summed E-state index contributed by atoms with van der Waals surface area (Å²) in [6.07, 6.45) is 0.351. The number of rotatable bonds is 4. The van der Waals surface area contributed by atoms with Gasteiger partial charge >= 0.3 is 12.2 Å². The van der Waals surface area contributed by atoms with E-state index in [9.17, 15) is 9.59 Å². The molecule has 3 heterocycles. The van der Waals surface area contributed by atoms with Crippen LogP contribution in [0.2, 0.25) is 0 Å². The summed E-state index contributed by atoms with van der Waals surface area (Å²) in [6.45, 7) is 18.6. The summed E-state index contributed by atoms with van der Waals surface area (Å²) in [5.74, 6) is 0.247. The fourth-order valence-corrected chi connectivity index (χ4v) is 5.92. The number of nitrogens with zero attached hydrogens (tertiary/aromatic N) is 4. The second kappa shape index (κ2) is 10.8. The molecule has 3 atom stereocenters. The predicted octanol–water partition coefficient (Wildman–Crippen LogP) is 5.77. The number of aromatic nitrogens is 1. The van der Waals surface area contributed by atoms with Crippen LogP contribution in [0.3, 0.4) is 0 Å². The summed E-state index contributed by atoms with van der Waals surface area (Å²) >= 11 is 1.54. The molecule has 9 nitrogen and oxygen atoms in total. The zero-order chi connectivity index (χ0) is 27.8. The average molecular weight is 547 g/mol. The lowest BCUT2D eigenvalue weighted by molar-refractivity contribution is 0.00562. The fourth-order valence-electron chi connectivity index (χ4n) is 5.07. The molecular weight excluding hydrogens is 504 g/mol. The number of ether oxygens (including phenoxy) is 3. The van der Waals surface area contributed by atoms with Gasteiger partial charge in [-0.25, -0.2) is 14.6 Å². The normalized spacial score (nSPS) is 22.6. The molecule has 1 unspecified atom stereocenters. The van der Waals surface area contributed by atoms with Crippen molar-refractivity contribution in [3.05, 3.63) is 18.2 Å². The number of benzene rings is 1. The molecule has 2 fully saturated rings. The molecule has 0 radical (unpaired) electrons. The maximum Gasteiger partial charge on any atom is 0.410 e. The molecule has 0 N–H and O–H groups in total. The van der Waals surface area contributed by atoms with E-state index in [0.29, 0.717) is 38.0 Å². The molecule has 2 saturated heterocycles. The second-order valence-corrected chi connectivity index (χ2v) is 13.5. The number of hydrogen-bond acceptors (Lipinski definition) is 8. The zero-order valence-electron chi connectivity index (χ0n) is 23.9. The van der Waals surface area contributed by atoms with Gasteiger partial charge in [-0.15, -0.1) is 0 Å². The van der Waals surface area contributed by atoms with Crippen LogP contribution >= 0.6 is 11.3 Å². The lowest BCUT2D eigenvalue weighted by Crippen LogP contribution is -2.59. The van der Waals surface area contributed by atoms with Gasteiger partial charge in [0.2, 0.25) is 0 Å². The van der Waals surface area contributed by atoms with Gasteiger partial charge in [-0.05, 0) is 73.9 Å². The number of hydrogen-bond donors (Lipinski definition) is 0. The van der Waals surface area contributed by atoms with Gasteiger partial charge in [0.15, 0.2) is 0 Å². The Kier molecular flexibility index (Phi) is 8.02. The Hall–Kier alpha value is -2.75. The predicted molar refractivity (Wildman–Crippen MR) is 150 cm³/mol. The summed E-state index contributed by atoms with van der Waals surface area (Å²) < 4.78 is 18.3. The van der Waals surface area contributed by atoms with Crippen molar-refractivity contribution in [3.63, 3.8) is 0 Å². The third kappa shape index (κ3) is 6.81. The van der Waals surface area contributed by atoms with Gasteiger partial charge in [0.25, 0.3) is 5.19 Å². The molecule has 2 aliphatic rings. The van der Waals surface area contributed by atoms with E-state index in [2.05, 4.69) is 30.9 Å². The van der Waals surface area contributed by atoms with Crippen LogP contribution in [0.1, 0.15) is 61.8 Å². The first-order valence-electron chi connectivity index (χ1n) is 13.5. The van der Waals surface area contributed by atoms with Gasteiger partial charge < -0.3 is 24.0 Å². The van der Waals surface area contributed by atoms with Crippen LogP contribution in [0, 0.1) is 5.92 Å². The SMILES string of the molecule is C[C@H]1CN(c2cccc3sc(OCC4CCN(C(=O)OC(C)(C)C)C4)nc23)C[C@H](C)N1C(=O)OC(C)(C)C. The Balaban J connectivity index is 1.39. The summed E-state index contributed by atoms with van der Waals surface area (Å²) in [5, 5.41) is 0.636. The van der Waals surface area contributed by atoms with Crippen molar-refractivity contribution in [2.24, 2.45) is 5.92 Å². The third-order valence-corrected chi connectivity index (χ3v) is 7.56. The maximum atomic E-state index is 12.8. The van der Waals surface area contributed by atoms with Gasteiger partial charge in [0.1, 0.15) is 16.7 Å². The first-order chi connectivity index (χ1) is 17.7. The summed E-state index contributed by atoms with van der Waals surface area (Å²) in [7, 11) is 0.